The molecule has 0 saturated heterocycles. The molecule has 0 aromatic heterocycles. The smallest absolute Gasteiger partial charge is 0.417 e. The molecule has 0 fully saturated rings. The fourth-order valence-corrected chi connectivity index (χ4v) is 1.94. The van der Waals surface area contributed by atoms with Gasteiger partial charge in [0.2, 0.25) is 0 Å². The van der Waals surface area contributed by atoms with Crippen molar-refractivity contribution in [3.63, 3.8) is 0 Å². The average molecular weight is 351 g/mol. The van der Waals surface area contributed by atoms with Gasteiger partial charge in [-0.1, -0.05) is 30.3 Å². The van der Waals surface area contributed by atoms with Crippen molar-refractivity contribution in [3.8, 4) is 0 Å². The summed E-state index contributed by atoms with van der Waals surface area (Å²) in [7, 11) is 0. The average Bonchev–Trinajstić information content (AvgIpc) is 2.59. The van der Waals surface area contributed by atoms with Gasteiger partial charge in [-0.05, 0) is 24.3 Å². The lowest BCUT2D eigenvalue weighted by molar-refractivity contribution is -0.138. The zero-order chi connectivity index (χ0) is 18.4. The van der Waals surface area contributed by atoms with Crippen LogP contribution >= 0.6 is 0 Å². The van der Waals surface area contributed by atoms with Crippen molar-refractivity contribution in [1.82, 2.24) is 5.32 Å². The van der Waals surface area contributed by atoms with Gasteiger partial charge in [0.1, 0.15) is 0 Å². The maximum absolute atomic E-state index is 12.8. The van der Waals surface area contributed by atoms with Gasteiger partial charge in [-0.25, -0.2) is 4.79 Å². The lowest BCUT2D eigenvalue weighted by atomic mass is 10.1. The van der Waals surface area contributed by atoms with Gasteiger partial charge < -0.3 is 4.74 Å². The standard InChI is InChI=1S/C17H12F3NO4/c18-17(19,20)13-9-5-4-8-12(13)16(24)25-10-14(22)21-15(23)11-6-2-1-3-7-11/h1-9H,10H2,(H,21,22,23). The third kappa shape index (κ3) is 4.90. The molecule has 0 spiro atoms. The molecular formula is C17H12F3NO4. The molecule has 0 atom stereocenters. The summed E-state index contributed by atoms with van der Waals surface area (Å²) in [5.74, 6) is -2.97. The van der Waals surface area contributed by atoms with Crippen LogP contribution in [0.4, 0.5) is 13.2 Å². The van der Waals surface area contributed by atoms with Crippen LogP contribution in [0.15, 0.2) is 54.6 Å². The van der Waals surface area contributed by atoms with E-state index in [4.69, 9.17) is 0 Å². The monoisotopic (exact) mass is 351 g/mol. The van der Waals surface area contributed by atoms with E-state index in [2.05, 4.69) is 4.74 Å². The first-order chi connectivity index (χ1) is 11.8. The van der Waals surface area contributed by atoms with Gasteiger partial charge >= 0.3 is 12.1 Å². The summed E-state index contributed by atoms with van der Waals surface area (Å²) in [4.78, 5) is 35.1. The minimum Gasteiger partial charge on any atom is -0.452 e. The molecule has 0 bridgehead atoms. The number of ether oxygens (including phenoxy) is 1. The van der Waals surface area contributed by atoms with Crippen molar-refractivity contribution in [1.29, 1.82) is 0 Å². The SMILES string of the molecule is O=C(COC(=O)c1ccccc1C(F)(F)F)NC(=O)c1ccccc1. The van der Waals surface area contributed by atoms with Crippen LogP contribution in [-0.4, -0.2) is 24.4 Å². The number of carbonyl (C=O) groups is 3. The maximum atomic E-state index is 12.8. The third-order valence-electron chi connectivity index (χ3n) is 3.08. The number of halogens is 3. The molecule has 0 heterocycles. The van der Waals surface area contributed by atoms with Crippen molar-refractivity contribution < 1.29 is 32.3 Å². The molecule has 0 radical (unpaired) electrons. The summed E-state index contributed by atoms with van der Waals surface area (Å²) in [6.07, 6.45) is -4.73. The van der Waals surface area contributed by atoms with Crippen molar-refractivity contribution in [2.45, 2.75) is 6.18 Å². The Kier molecular flexibility index (Phi) is 5.53. The Morgan fingerprint density at radius 2 is 1.52 bits per heavy atom. The summed E-state index contributed by atoms with van der Waals surface area (Å²) in [5.41, 5.74) is -1.66. The molecule has 5 nitrogen and oxygen atoms in total. The van der Waals surface area contributed by atoms with Crippen molar-refractivity contribution in [2.75, 3.05) is 6.61 Å². The van der Waals surface area contributed by atoms with Gasteiger partial charge in [0.15, 0.2) is 6.61 Å². The number of carbonyl (C=O) groups excluding carboxylic acids is 3. The van der Waals surface area contributed by atoms with E-state index in [0.29, 0.717) is 0 Å². The summed E-state index contributed by atoms with van der Waals surface area (Å²) in [5, 5.41) is 1.97. The maximum Gasteiger partial charge on any atom is 0.417 e. The minimum atomic E-state index is -4.73. The molecule has 0 aliphatic carbocycles. The first kappa shape index (κ1) is 18.2. The number of imide groups is 1. The highest BCUT2D eigenvalue weighted by Gasteiger charge is 2.35. The zero-order valence-electron chi connectivity index (χ0n) is 12.7. The number of rotatable bonds is 4. The molecule has 2 aromatic rings. The van der Waals surface area contributed by atoms with E-state index in [9.17, 15) is 27.6 Å². The Bertz CT molecular complexity index is 788. The number of amides is 2. The van der Waals surface area contributed by atoms with E-state index in [1.165, 1.54) is 18.2 Å². The predicted octanol–water partition coefficient (Wildman–Crippen LogP) is 2.82. The lowest BCUT2D eigenvalue weighted by Crippen LogP contribution is -2.34. The first-order valence-corrected chi connectivity index (χ1v) is 7.01. The second kappa shape index (κ2) is 7.61. The van der Waals surface area contributed by atoms with E-state index in [1.807, 2.05) is 5.32 Å². The predicted molar refractivity (Wildman–Crippen MR) is 80.6 cm³/mol. The Morgan fingerprint density at radius 1 is 0.920 bits per heavy atom. The topological polar surface area (TPSA) is 72.5 Å². The minimum absolute atomic E-state index is 0.213. The molecule has 0 saturated carbocycles. The van der Waals surface area contributed by atoms with Crippen molar-refractivity contribution >= 4 is 17.8 Å². The van der Waals surface area contributed by atoms with Crippen LogP contribution in [0.1, 0.15) is 26.3 Å². The van der Waals surface area contributed by atoms with Crippen LogP contribution in [-0.2, 0) is 15.7 Å². The highest BCUT2D eigenvalue weighted by molar-refractivity contribution is 6.05. The Labute approximate surface area is 140 Å². The van der Waals surface area contributed by atoms with E-state index in [0.717, 1.165) is 18.2 Å². The Morgan fingerprint density at radius 3 is 2.16 bits per heavy atom. The van der Waals surface area contributed by atoms with Crippen molar-refractivity contribution in [3.05, 3.63) is 71.3 Å². The molecule has 0 aliphatic rings. The van der Waals surface area contributed by atoms with Crippen LogP contribution < -0.4 is 5.32 Å². The fraction of sp³-hybridized carbons (Fsp3) is 0.118. The molecule has 0 aliphatic heterocycles. The van der Waals surface area contributed by atoms with Crippen LogP contribution in [0.25, 0.3) is 0 Å². The second-order valence-corrected chi connectivity index (χ2v) is 4.86. The van der Waals surface area contributed by atoms with Crippen LogP contribution in [0, 0.1) is 0 Å². The molecule has 1 N–H and O–H groups in total. The molecule has 0 unspecified atom stereocenters. The highest BCUT2D eigenvalue weighted by Crippen LogP contribution is 2.32. The van der Waals surface area contributed by atoms with Crippen LogP contribution in [0.3, 0.4) is 0 Å². The quantitative estimate of drug-likeness (QED) is 0.860. The Hall–Kier alpha value is -3.16. The van der Waals surface area contributed by atoms with Crippen LogP contribution in [0.2, 0.25) is 0 Å². The van der Waals surface area contributed by atoms with E-state index >= 15 is 0 Å². The van der Waals surface area contributed by atoms with Gasteiger partial charge in [-0.15, -0.1) is 0 Å². The van der Waals surface area contributed by atoms with Gasteiger partial charge in [-0.2, -0.15) is 13.2 Å². The number of alkyl halides is 3. The molecule has 2 aromatic carbocycles. The first-order valence-electron chi connectivity index (χ1n) is 7.01. The van der Waals surface area contributed by atoms with Crippen LogP contribution in [0.5, 0.6) is 0 Å². The largest absolute Gasteiger partial charge is 0.452 e. The number of benzene rings is 2. The third-order valence-corrected chi connectivity index (χ3v) is 3.08. The van der Waals surface area contributed by atoms with Gasteiger partial charge in [0.05, 0.1) is 11.1 Å². The molecule has 130 valence electrons. The number of hydrogen-bond acceptors (Lipinski definition) is 4. The molecule has 25 heavy (non-hydrogen) atoms. The van der Waals surface area contributed by atoms with Gasteiger partial charge in [0.25, 0.3) is 11.8 Å². The van der Waals surface area contributed by atoms with Gasteiger partial charge in [-0.3, -0.25) is 14.9 Å². The van der Waals surface area contributed by atoms with Crippen molar-refractivity contribution in [2.24, 2.45) is 0 Å². The zero-order valence-corrected chi connectivity index (χ0v) is 12.7. The lowest BCUT2D eigenvalue weighted by Gasteiger charge is -2.12. The number of esters is 1. The summed E-state index contributed by atoms with van der Waals surface area (Å²) in [6.45, 7) is -0.885. The fourth-order valence-electron chi connectivity index (χ4n) is 1.94. The summed E-state index contributed by atoms with van der Waals surface area (Å²) in [6, 6.07) is 11.8. The van der Waals surface area contributed by atoms with E-state index in [-0.39, 0.29) is 5.56 Å². The number of nitrogens with one attached hydrogen (secondary N) is 1. The second-order valence-electron chi connectivity index (χ2n) is 4.86. The normalized spacial score (nSPS) is 10.8. The van der Waals surface area contributed by atoms with Gasteiger partial charge in [0, 0.05) is 5.56 Å². The van der Waals surface area contributed by atoms with E-state index < -0.39 is 41.7 Å². The Balaban J connectivity index is 1.97. The summed E-state index contributed by atoms with van der Waals surface area (Å²) >= 11 is 0. The van der Waals surface area contributed by atoms with E-state index in [1.54, 1.807) is 18.2 Å². The summed E-state index contributed by atoms with van der Waals surface area (Å²) < 4.78 is 43.1. The highest BCUT2D eigenvalue weighted by atomic mass is 19.4. The number of hydrogen-bond donors (Lipinski definition) is 1. The molecule has 2 rings (SSSR count). The molecule has 8 heteroatoms. The molecular weight excluding hydrogens is 339 g/mol. The molecule has 2 amide bonds.